The molecule has 748 valence electrons. The van der Waals surface area contributed by atoms with Crippen molar-refractivity contribution in [3.63, 3.8) is 0 Å². The summed E-state index contributed by atoms with van der Waals surface area (Å²) < 4.78 is 47.5. The number of carbonyl (C=O) groups excluding carboxylic acids is 4. The first-order valence-corrected chi connectivity index (χ1v) is 54.5. The monoisotopic (exact) mass is 1970 g/mol. The summed E-state index contributed by atoms with van der Waals surface area (Å²) in [6, 6.07) is 49.0. The molecule has 1 N–H and O–H groups in total. The lowest BCUT2D eigenvalue weighted by molar-refractivity contribution is -0.134. The van der Waals surface area contributed by atoms with Gasteiger partial charge in [-0.25, -0.2) is 0 Å². The summed E-state index contributed by atoms with van der Waals surface area (Å²) in [5.41, 5.74) is 12.5. The normalized spacial score (nSPS) is 17.3. The quantitative estimate of drug-likeness (QED) is 0.0312. The number of phenols is 1. The number of halogens is 3. The smallest absolute Gasteiger partial charge is 0.508 e. The van der Waals surface area contributed by atoms with E-state index in [-0.39, 0.29) is 98.4 Å². The molecule has 4 unspecified atom stereocenters. The van der Waals surface area contributed by atoms with E-state index in [1.165, 1.54) is 5.56 Å². The van der Waals surface area contributed by atoms with Gasteiger partial charge < -0.3 is 37.6 Å². The highest BCUT2D eigenvalue weighted by Crippen LogP contribution is 2.59. The standard InChI is InChI=1S/C90H123O9P.C30H42O3.Cl3P/c1-79(2,3)49-85(19,20)55-31-37-67-61(43-55)73(76(91)94-67)64-46-58(88(25,26)52-82(10,11)12)34-40-70(64)97-100(98-71-41-35-59(89(27,28)53-83(13,14)15)47-65(71)74-62-44-56(32-38-68(62)95-77(74)92)86(21,22)50-80(4,5)6)99-72-42-36-60(90(29,30)54-84(16,17)18)48-66(72)75-63-45-57(33-39-69(63)96-78(75)93)87(23,24)51-81(7,8)9;1-27(2,3)17-29(7,8)19-11-13-23(31)21(15-19)25-22-16-20(12-14-24(22)33-26(25)32)30(9,10)18-28(4,5)6;1-4(2)3/h31-48,73-75H,49-54H2,1-30H3;11-16,25,31H,17-18H2,1-10H3;. The third-order valence-electron chi connectivity index (χ3n) is 26.9. The van der Waals surface area contributed by atoms with E-state index >= 15 is 14.4 Å². The lowest BCUT2D eigenvalue weighted by atomic mass is 9.71. The van der Waals surface area contributed by atoms with Gasteiger partial charge >= 0.3 is 32.5 Å². The summed E-state index contributed by atoms with van der Waals surface area (Å²) >= 11 is 14.6. The van der Waals surface area contributed by atoms with Crippen LogP contribution in [0.15, 0.2) is 146 Å². The molecule has 12 nitrogen and oxygen atoms in total. The van der Waals surface area contributed by atoms with Crippen LogP contribution >= 0.6 is 48.3 Å². The summed E-state index contributed by atoms with van der Waals surface area (Å²) in [5.74, 6) is -2.77. The number of hydrogen-bond donors (Lipinski definition) is 1. The van der Waals surface area contributed by atoms with E-state index in [0.29, 0.717) is 62.5 Å². The molecule has 4 atom stereocenters. The maximum atomic E-state index is 15.2. The Morgan fingerprint density at radius 1 is 0.234 bits per heavy atom. The van der Waals surface area contributed by atoms with Crippen LogP contribution in [0.1, 0.15) is 441 Å². The maximum Gasteiger partial charge on any atom is 0.530 e. The molecular formula is C120H165Cl3O12P2. The first kappa shape index (κ1) is 112. The van der Waals surface area contributed by atoms with Gasteiger partial charge in [0.1, 0.15) is 69.7 Å². The molecule has 137 heavy (non-hydrogen) atoms. The number of aromatic hydroxyl groups is 1. The van der Waals surface area contributed by atoms with Crippen molar-refractivity contribution < 1.29 is 56.8 Å². The molecule has 0 saturated heterocycles. The molecule has 0 amide bonds. The zero-order chi connectivity index (χ0) is 103. The van der Waals surface area contributed by atoms with Gasteiger partial charge in [0.05, 0.1) is 0 Å². The number of rotatable bonds is 26. The molecule has 0 aromatic heterocycles. The van der Waals surface area contributed by atoms with Gasteiger partial charge in [0.15, 0.2) is 5.98 Å². The van der Waals surface area contributed by atoms with Crippen molar-refractivity contribution in [3.05, 3.63) is 235 Å². The van der Waals surface area contributed by atoms with Crippen LogP contribution < -0.4 is 32.5 Å². The Bertz CT molecular complexity index is 5340. The number of hydrogen-bond acceptors (Lipinski definition) is 12. The fourth-order valence-corrected chi connectivity index (χ4v) is 25.4. The van der Waals surface area contributed by atoms with E-state index in [1.807, 2.05) is 54.6 Å². The summed E-state index contributed by atoms with van der Waals surface area (Å²) in [6.07, 6.45) is 7.23. The average Bonchev–Trinajstić information content (AvgIpc) is 1.60. The molecule has 0 aliphatic carbocycles. The van der Waals surface area contributed by atoms with Gasteiger partial charge in [-0.1, -0.05) is 408 Å². The Balaban J connectivity index is 0.000000435. The first-order valence-electron chi connectivity index (χ1n) is 49.4. The van der Waals surface area contributed by atoms with Crippen LogP contribution in [0.25, 0.3) is 0 Å². The van der Waals surface area contributed by atoms with E-state index < -0.39 is 56.2 Å². The van der Waals surface area contributed by atoms with E-state index in [1.54, 1.807) is 6.07 Å². The predicted molar refractivity (Wildman–Crippen MR) is 573 cm³/mol. The summed E-state index contributed by atoms with van der Waals surface area (Å²) in [7, 11) is -2.68. The predicted octanol–water partition coefficient (Wildman–Crippen LogP) is 35.7. The van der Waals surface area contributed by atoms with Gasteiger partial charge in [-0.05, 0) is 231 Å². The third kappa shape index (κ3) is 28.6. The van der Waals surface area contributed by atoms with Crippen LogP contribution in [0.2, 0.25) is 0 Å². The largest absolute Gasteiger partial charge is 0.530 e. The minimum atomic E-state index is -2.68. The Hall–Kier alpha value is -7.43. The first-order chi connectivity index (χ1) is 62.0. The van der Waals surface area contributed by atoms with Gasteiger partial charge in [-0.15, -0.1) is 0 Å². The van der Waals surface area contributed by atoms with Gasteiger partial charge in [-0.3, -0.25) is 19.2 Å². The zero-order valence-corrected chi connectivity index (χ0v) is 94.8. The van der Waals surface area contributed by atoms with Crippen LogP contribution in [0.4, 0.5) is 0 Å². The fourth-order valence-electron chi connectivity index (χ4n) is 24.3. The number of phenolic OH excluding ortho intramolecular Hbond substituents is 1. The number of carbonyl (C=O) groups is 4. The Morgan fingerprint density at radius 2 is 0.380 bits per heavy atom. The van der Waals surface area contributed by atoms with Crippen molar-refractivity contribution in [2.45, 2.75) is 395 Å². The number of esters is 4. The lowest BCUT2D eigenvalue weighted by Gasteiger charge is -2.34. The molecule has 0 saturated carbocycles. The van der Waals surface area contributed by atoms with Crippen molar-refractivity contribution >= 4 is 72.2 Å². The molecule has 0 spiro atoms. The number of benzene rings is 8. The van der Waals surface area contributed by atoms with Crippen molar-refractivity contribution in [2.24, 2.45) is 43.3 Å². The summed E-state index contributed by atoms with van der Waals surface area (Å²) in [6.45, 7) is 90.2. The zero-order valence-electron chi connectivity index (χ0n) is 90.8. The number of fused-ring (bicyclic) bond motifs is 4. The molecule has 0 radical (unpaired) electrons. The second kappa shape index (κ2) is 39.7. The molecule has 12 rings (SSSR count). The highest BCUT2D eigenvalue weighted by molar-refractivity contribution is 8.20. The molecule has 4 aliphatic rings. The lowest BCUT2D eigenvalue weighted by Crippen LogP contribution is -2.26. The molecule has 8 aromatic rings. The third-order valence-corrected chi connectivity index (χ3v) is 28.0. The highest BCUT2D eigenvalue weighted by atomic mass is 36.0. The fraction of sp³-hybridized carbons (Fsp3) is 0.567. The van der Waals surface area contributed by atoms with Gasteiger partial charge in [0.2, 0.25) is 0 Å². The summed E-state index contributed by atoms with van der Waals surface area (Å²) in [5, 5.41) is 10.8. The van der Waals surface area contributed by atoms with Crippen molar-refractivity contribution in [2.75, 3.05) is 0 Å². The molecule has 4 heterocycles. The van der Waals surface area contributed by atoms with E-state index in [4.69, 9.17) is 66.2 Å². The van der Waals surface area contributed by atoms with Gasteiger partial charge in [0.25, 0.3) is 0 Å². The average molecular weight is 1970 g/mol. The van der Waals surface area contributed by atoms with Crippen LogP contribution in [0.3, 0.4) is 0 Å². The van der Waals surface area contributed by atoms with Crippen LogP contribution in [-0.4, -0.2) is 29.0 Å². The van der Waals surface area contributed by atoms with Gasteiger partial charge in [0, 0.05) is 44.5 Å². The van der Waals surface area contributed by atoms with Crippen molar-refractivity contribution in [1.82, 2.24) is 0 Å². The van der Waals surface area contributed by atoms with Crippen molar-refractivity contribution in [3.8, 4) is 46.0 Å². The minimum absolute atomic E-state index is 0.0197. The van der Waals surface area contributed by atoms with E-state index in [0.717, 1.165) is 113 Å². The maximum absolute atomic E-state index is 15.2. The van der Waals surface area contributed by atoms with Crippen LogP contribution in [0.5, 0.6) is 46.0 Å². The van der Waals surface area contributed by atoms with Crippen molar-refractivity contribution in [1.29, 1.82) is 0 Å². The van der Waals surface area contributed by atoms with Gasteiger partial charge in [-0.2, -0.15) is 0 Å². The molecule has 0 bridgehead atoms. The Morgan fingerprint density at radius 3 is 0.555 bits per heavy atom. The Kier molecular flexibility index (Phi) is 32.3. The molecular weight excluding hydrogens is 1800 g/mol. The van der Waals surface area contributed by atoms with Crippen LogP contribution in [-0.2, 0) is 62.5 Å². The second-order valence-corrected chi connectivity index (χ2v) is 61.1. The second-order valence-electron chi connectivity index (χ2n) is 55.1. The Labute approximate surface area is 842 Å². The highest BCUT2D eigenvalue weighted by Gasteiger charge is 2.48. The van der Waals surface area contributed by atoms with E-state index in [2.05, 4.69) is 362 Å². The SMILES string of the molecule is CC(C)(C)CC(C)(C)c1ccc(O)c(C2C(=O)Oc3ccc(C(C)(C)CC(C)(C)C)cc32)c1.CC(C)(C)CC(C)(C)c1ccc2c(c1)C(c1cc(C(C)(C)CC(C)(C)C)ccc1OP(Oc1ccc(C(C)(C)CC(C)(C)C)cc1C1C(=O)Oc3ccc(C(C)(C)CC(C)(C)C)cc31)Oc1ccc(C(C)(C)CC(C)(C)C)cc1C1C(=O)Oc3ccc(C(C)(C)CC(C)(C)C)cc31)C(=O)O2.ClP(Cl)Cl. The molecule has 4 aliphatic heterocycles. The number of ether oxygens (including phenoxy) is 4. The minimum Gasteiger partial charge on any atom is -0.508 e. The topological polar surface area (TPSA) is 153 Å². The summed E-state index contributed by atoms with van der Waals surface area (Å²) in [4.78, 5) is 58.5. The molecule has 8 aromatic carbocycles. The van der Waals surface area contributed by atoms with E-state index in [9.17, 15) is 9.90 Å². The molecule has 17 heteroatoms. The molecule has 0 fully saturated rings. The van der Waals surface area contributed by atoms with Crippen LogP contribution in [0, 0.1) is 43.3 Å².